The van der Waals surface area contributed by atoms with Gasteiger partial charge in [0.15, 0.2) is 5.82 Å². The van der Waals surface area contributed by atoms with E-state index in [2.05, 4.69) is 15.0 Å². The van der Waals surface area contributed by atoms with Crippen LogP contribution in [-0.2, 0) is 0 Å². The summed E-state index contributed by atoms with van der Waals surface area (Å²) in [6, 6.07) is 7.48. The molecule has 0 spiro atoms. The summed E-state index contributed by atoms with van der Waals surface area (Å²) in [5.41, 5.74) is 1.13. The Hall–Kier alpha value is -1.85. The Kier molecular flexibility index (Phi) is 3.00. The third-order valence-corrected chi connectivity index (χ3v) is 4.33. The lowest BCUT2D eigenvalue weighted by molar-refractivity contribution is 0.103. The van der Waals surface area contributed by atoms with E-state index >= 15 is 0 Å². The van der Waals surface area contributed by atoms with Gasteiger partial charge in [-0.15, -0.1) is 11.3 Å². The Balaban J connectivity index is 2.00. The molecule has 3 aromatic rings. The number of hydrogen-bond donors (Lipinski definition) is 1. The number of aryl methyl sites for hydroxylation is 1. The van der Waals surface area contributed by atoms with E-state index in [0.29, 0.717) is 15.7 Å². The van der Waals surface area contributed by atoms with Crippen LogP contribution in [0.4, 0.5) is 5.82 Å². The molecule has 2 heterocycles. The van der Waals surface area contributed by atoms with Crippen LogP contribution in [0.2, 0.25) is 5.02 Å². The van der Waals surface area contributed by atoms with Gasteiger partial charge in [-0.1, -0.05) is 28.9 Å². The second kappa shape index (κ2) is 4.68. The molecular formula is C13H9ClN2O2S. The molecular weight excluding hydrogens is 284 g/mol. The van der Waals surface area contributed by atoms with Gasteiger partial charge in [0, 0.05) is 16.2 Å². The number of nitrogens with one attached hydrogen (secondary N) is 1. The maximum absolute atomic E-state index is 12.1. The van der Waals surface area contributed by atoms with Crippen LogP contribution < -0.4 is 5.32 Å². The SMILES string of the molecule is Cc1ccc2c(Cl)c(C(=O)Nc3ccon3)sc2c1. The second-order valence-corrected chi connectivity index (χ2v) is 5.51. The van der Waals surface area contributed by atoms with Crippen LogP contribution in [0.1, 0.15) is 15.2 Å². The van der Waals surface area contributed by atoms with Crippen LogP contribution in [0.3, 0.4) is 0 Å². The average molecular weight is 293 g/mol. The van der Waals surface area contributed by atoms with Gasteiger partial charge >= 0.3 is 0 Å². The van der Waals surface area contributed by atoms with Crippen LogP contribution in [0.5, 0.6) is 0 Å². The van der Waals surface area contributed by atoms with Crippen molar-refractivity contribution in [1.29, 1.82) is 0 Å². The minimum Gasteiger partial charge on any atom is -0.363 e. The van der Waals surface area contributed by atoms with E-state index in [1.54, 1.807) is 6.07 Å². The number of carbonyl (C=O) groups excluding carboxylic acids is 1. The fraction of sp³-hybridized carbons (Fsp3) is 0.0769. The van der Waals surface area contributed by atoms with Gasteiger partial charge in [-0.25, -0.2) is 0 Å². The maximum atomic E-state index is 12.1. The number of thiophene rings is 1. The molecule has 0 unspecified atom stereocenters. The Morgan fingerprint density at radius 3 is 3.00 bits per heavy atom. The Labute approximate surface area is 118 Å². The molecule has 2 aromatic heterocycles. The number of benzene rings is 1. The molecule has 96 valence electrons. The number of anilines is 1. The van der Waals surface area contributed by atoms with E-state index in [-0.39, 0.29) is 5.91 Å². The third kappa shape index (κ3) is 2.22. The number of halogens is 1. The summed E-state index contributed by atoms with van der Waals surface area (Å²) in [4.78, 5) is 12.6. The lowest BCUT2D eigenvalue weighted by Gasteiger charge is -1.98. The molecule has 1 N–H and O–H groups in total. The van der Waals surface area contributed by atoms with E-state index in [1.807, 2.05) is 25.1 Å². The van der Waals surface area contributed by atoms with Crippen molar-refractivity contribution in [1.82, 2.24) is 5.16 Å². The van der Waals surface area contributed by atoms with Crippen molar-refractivity contribution in [3.63, 3.8) is 0 Å². The first-order valence-corrected chi connectivity index (χ1v) is 6.75. The van der Waals surface area contributed by atoms with Gasteiger partial charge in [0.2, 0.25) is 0 Å². The van der Waals surface area contributed by atoms with E-state index in [9.17, 15) is 4.79 Å². The standard InChI is InChI=1S/C13H9ClN2O2S/c1-7-2-3-8-9(6-7)19-12(11(8)14)13(17)15-10-4-5-18-16-10/h2-6H,1H3,(H,15,16,17). The lowest BCUT2D eigenvalue weighted by atomic mass is 10.2. The second-order valence-electron chi connectivity index (χ2n) is 4.08. The monoisotopic (exact) mass is 292 g/mol. The van der Waals surface area contributed by atoms with E-state index in [0.717, 1.165) is 15.6 Å². The number of amides is 1. The van der Waals surface area contributed by atoms with Gasteiger partial charge in [-0.2, -0.15) is 0 Å². The highest BCUT2D eigenvalue weighted by Gasteiger charge is 2.17. The highest BCUT2D eigenvalue weighted by molar-refractivity contribution is 7.21. The van der Waals surface area contributed by atoms with Crippen molar-refractivity contribution >= 4 is 44.7 Å². The first kappa shape index (κ1) is 12.2. The molecule has 19 heavy (non-hydrogen) atoms. The average Bonchev–Trinajstić information content (AvgIpc) is 2.97. The number of nitrogens with zero attached hydrogens (tertiary/aromatic N) is 1. The Morgan fingerprint density at radius 2 is 2.26 bits per heavy atom. The zero-order chi connectivity index (χ0) is 13.4. The normalized spacial score (nSPS) is 10.8. The Morgan fingerprint density at radius 1 is 1.42 bits per heavy atom. The predicted molar refractivity (Wildman–Crippen MR) is 76.0 cm³/mol. The molecule has 0 aliphatic rings. The fourth-order valence-electron chi connectivity index (χ4n) is 1.77. The zero-order valence-corrected chi connectivity index (χ0v) is 11.5. The molecule has 0 radical (unpaired) electrons. The summed E-state index contributed by atoms with van der Waals surface area (Å²) >= 11 is 7.62. The summed E-state index contributed by atoms with van der Waals surface area (Å²) in [7, 11) is 0. The van der Waals surface area contributed by atoms with Gasteiger partial charge in [0.1, 0.15) is 11.1 Å². The number of hydrogen-bond acceptors (Lipinski definition) is 4. The number of carbonyl (C=O) groups is 1. The summed E-state index contributed by atoms with van der Waals surface area (Å²) in [6.07, 6.45) is 1.39. The number of fused-ring (bicyclic) bond motifs is 1. The van der Waals surface area contributed by atoms with Crippen LogP contribution in [-0.4, -0.2) is 11.1 Å². The minimum atomic E-state index is -0.280. The highest BCUT2D eigenvalue weighted by atomic mass is 35.5. The van der Waals surface area contributed by atoms with Gasteiger partial charge < -0.3 is 9.84 Å². The quantitative estimate of drug-likeness (QED) is 0.773. The van der Waals surface area contributed by atoms with E-state index < -0.39 is 0 Å². The van der Waals surface area contributed by atoms with E-state index in [4.69, 9.17) is 11.6 Å². The van der Waals surface area contributed by atoms with Gasteiger partial charge in [0.25, 0.3) is 5.91 Å². The van der Waals surface area contributed by atoms with Crippen molar-refractivity contribution in [2.75, 3.05) is 5.32 Å². The maximum Gasteiger partial charge on any atom is 0.268 e. The summed E-state index contributed by atoms with van der Waals surface area (Å²) < 4.78 is 5.66. The summed E-state index contributed by atoms with van der Waals surface area (Å²) in [5, 5.41) is 7.64. The molecule has 1 aromatic carbocycles. The molecule has 1 amide bonds. The van der Waals surface area contributed by atoms with Crippen molar-refractivity contribution in [3.8, 4) is 0 Å². The van der Waals surface area contributed by atoms with Gasteiger partial charge in [-0.3, -0.25) is 4.79 Å². The highest BCUT2D eigenvalue weighted by Crippen LogP contribution is 2.36. The van der Waals surface area contributed by atoms with Crippen LogP contribution in [0, 0.1) is 6.92 Å². The summed E-state index contributed by atoms with van der Waals surface area (Å²) in [6.45, 7) is 2.00. The first-order chi connectivity index (χ1) is 9.15. The van der Waals surface area contributed by atoms with Crippen LogP contribution in [0.15, 0.2) is 35.1 Å². The van der Waals surface area contributed by atoms with Gasteiger partial charge in [0.05, 0.1) is 5.02 Å². The fourth-order valence-corrected chi connectivity index (χ4v) is 3.28. The van der Waals surface area contributed by atoms with Crippen molar-refractivity contribution in [2.45, 2.75) is 6.92 Å². The Bertz CT molecular complexity index is 749. The zero-order valence-electron chi connectivity index (χ0n) is 9.94. The smallest absolute Gasteiger partial charge is 0.268 e. The molecule has 0 saturated carbocycles. The van der Waals surface area contributed by atoms with E-state index in [1.165, 1.54) is 17.6 Å². The molecule has 0 bridgehead atoms. The molecule has 0 saturated heterocycles. The number of aromatic nitrogens is 1. The summed E-state index contributed by atoms with van der Waals surface area (Å²) in [5.74, 6) is 0.0902. The molecule has 3 rings (SSSR count). The van der Waals surface area contributed by atoms with Gasteiger partial charge in [-0.05, 0) is 18.6 Å². The van der Waals surface area contributed by atoms with Crippen molar-refractivity contribution in [2.24, 2.45) is 0 Å². The largest absolute Gasteiger partial charge is 0.363 e. The number of rotatable bonds is 2. The minimum absolute atomic E-state index is 0.280. The molecule has 0 fully saturated rings. The molecule has 0 aliphatic carbocycles. The predicted octanol–water partition coefficient (Wildman–Crippen LogP) is 4.10. The molecule has 0 atom stereocenters. The topological polar surface area (TPSA) is 55.1 Å². The van der Waals surface area contributed by atoms with Crippen molar-refractivity contribution < 1.29 is 9.32 Å². The molecule has 0 aliphatic heterocycles. The van der Waals surface area contributed by atoms with Crippen LogP contribution in [0.25, 0.3) is 10.1 Å². The van der Waals surface area contributed by atoms with Crippen LogP contribution >= 0.6 is 22.9 Å². The molecule has 6 heteroatoms. The van der Waals surface area contributed by atoms with Crippen molar-refractivity contribution in [3.05, 3.63) is 46.0 Å². The molecule has 4 nitrogen and oxygen atoms in total. The lowest BCUT2D eigenvalue weighted by Crippen LogP contribution is -2.10. The third-order valence-electron chi connectivity index (χ3n) is 2.67. The first-order valence-electron chi connectivity index (χ1n) is 5.55.